The van der Waals surface area contributed by atoms with Gasteiger partial charge in [0.1, 0.15) is 0 Å². The van der Waals surface area contributed by atoms with E-state index < -0.39 is 0 Å². The summed E-state index contributed by atoms with van der Waals surface area (Å²) in [5.41, 5.74) is 2.15. The van der Waals surface area contributed by atoms with Crippen LogP contribution < -0.4 is 0 Å². The van der Waals surface area contributed by atoms with Crippen molar-refractivity contribution in [2.45, 2.75) is 19.8 Å². The van der Waals surface area contributed by atoms with Gasteiger partial charge in [-0.05, 0) is 24.5 Å². The van der Waals surface area contributed by atoms with E-state index in [1.165, 1.54) is 18.7 Å². The van der Waals surface area contributed by atoms with Crippen LogP contribution in [0.25, 0.3) is 0 Å². The van der Waals surface area contributed by atoms with Gasteiger partial charge in [0, 0.05) is 31.3 Å². The molecule has 0 N–H and O–H groups in total. The second-order valence-corrected chi connectivity index (χ2v) is 4.50. The lowest BCUT2D eigenvalue weighted by Gasteiger charge is -2.12. The first-order chi connectivity index (χ1) is 7.58. The fraction of sp³-hybridized carbons (Fsp3) is 0.500. The number of aryl methyl sites for hydroxylation is 1. The van der Waals surface area contributed by atoms with Crippen LogP contribution in [0.2, 0.25) is 0 Å². The maximum atomic E-state index is 10.7. The molecule has 1 aromatic carbocycles. The van der Waals surface area contributed by atoms with Gasteiger partial charge >= 0.3 is 0 Å². The SMILES string of the molecule is Cc1cc(C(C)CN2CC2)ccc1[N+](=O)[O-]. The lowest BCUT2D eigenvalue weighted by atomic mass is 9.98. The smallest absolute Gasteiger partial charge is 0.272 e. The molecule has 1 aromatic rings. The molecule has 0 saturated carbocycles. The molecule has 1 aliphatic rings. The molecule has 0 radical (unpaired) electrons. The van der Waals surface area contributed by atoms with E-state index in [0.717, 1.165) is 12.1 Å². The van der Waals surface area contributed by atoms with Gasteiger partial charge in [0.15, 0.2) is 0 Å². The van der Waals surface area contributed by atoms with Crippen LogP contribution in [0, 0.1) is 17.0 Å². The van der Waals surface area contributed by atoms with E-state index in [4.69, 9.17) is 0 Å². The first kappa shape index (κ1) is 11.1. The summed E-state index contributed by atoms with van der Waals surface area (Å²) in [5, 5.41) is 10.7. The maximum Gasteiger partial charge on any atom is 0.272 e. The molecule has 0 amide bonds. The fourth-order valence-electron chi connectivity index (χ4n) is 1.94. The highest BCUT2D eigenvalue weighted by atomic mass is 16.6. The van der Waals surface area contributed by atoms with Crippen LogP contribution in [-0.4, -0.2) is 29.5 Å². The van der Waals surface area contributed by atoms with Crippen molar-refractivity contribution in [1.82, 2.24) is 4.90 Å². The Labute approximate surface area is 95.0 Å². The molecule has 4 heteroatoms. The number of rotatable bonds is 4. The van der Waals surface area contributed by atoms with E-state index in [-0.39, 0.29) is 10.6 Å². The Morgan fingerprint density at radius 2 is 2.19 bits per heavy atom. The molecule has 2 rings (SSSR count). The van der Waals surface area contributed by atoms with Gasteiger partial charge in [0.05, 0.1) is 4.92 Å². The quantitative estimate of drug-likeness (QED) is 0.444. The predicted octanol–water partition coefficient (Wildman–Crippen LogP) is 2.32. The molecule has 1 saturated heterocycles. The average molecular weight is 220 g/mol. The minimum atomic E-state index is -0.325. The highest BCUT2D eigenvalue weighted by molar-refractivity contribution is 5.42. The van der Waals surface area contributed by atoms with Crippen molar-refractivity contribution in [2.24, 2.45) is 0 Å². The summed E-state index contributed by atoms with van der Waals surface area (Å²) in [6.07, 6.45) is 0. The molecule has 1 aliphatic heterocycles. The number of hydrogen-bond acceptors (Lipinski definition) is 3. The van der Waals surface area contributed by atoms with Crippen LogP contribution in [0.15, 0.2) is 18.2 Å². The molecule has 16 heavy (non-hydrogen) atoms. The van der Waals surface area contributed by atoms with Crippen LogP contribution in [0.4, 0.5) is 5.69 Å². The van der Waals surface area contributed by atoms with Gasteiger partial charge in [-0.15, -0.1) is 0 Å². The van der Waals surface area contributed by atoms with Gasteiger partial charge < -0.3 is 4.90 Å². The number of nitro groups is 1. The summed E-state index contributed by atoms with van der Waals surface area (Å²) in [6.45, 7) is 7.40. The van der Waals surface area contributed by atoms with E-state index in [0.29, 0.717) is 5.92 Å². The topological polar surface area (TPSA) is 46.1 Å². The Morgan fingerprint density at radius 3 is 2.69 bits per heavy atom. The van der Waals surface area contributed by atoms with Gasteiger partial charge in [-0.3, -0.25) is 10.1 Å². The van der Waals surface area contributed by atoms with Gasteiger partial charge in [0.25, 0.3) is 5.69 Å². The molecule has 1 fully saturated rings. The Bertz CT molecular complexity index is 413. The normalized spacial score (nSPS) is 17.1. The maximum absolute atomic E-state index is 10.7. The van der Waals surface area contributed by atoms with Crippen molar-refractivity contribution in [2.75, 3.05) is 19.6 Å². The van der Waals surface area contributed by atoms with Crippen molar-refractivity contribution in [1.29, 1.82) is 0 Å². The summed E-state index contributed by atoms with van der Waals surface area (Å²) < 4.78 is 0. The number of hydrogen-bond donors (Lipinski definition) is 0. The zero-order valence-electron chi connectivity index (χ0n) is 9.64. The Morgan fingerprint density at radius 1 is 1.50 bits per heavy atom. The molecule has 1 atom stereocenters. The Hall–Kier alpha value is -1.42. The highest BCUT2D eigenvalue weighted by Gasteiger charge is 2.21. The van der Waals surface area contributed by atoms with Gasteiger partial charge in [-0.25, -0.2) is 0 Å². The third-order valence-electron chi connectivity index (χ3n) is 3.06. The molecular formula is C12H16N2O2. The summed E-state index contributed by atoms with van der Waals surface area (Å²) in [7, 11) is 0. The minimum absolute atomic E-state index is 0.211. The predicted molar refractivity (Wildman–Crippen MR) is 62.7 cm³/mol. The van der Waals surface area contributed by atoms with Crippen molar-refractivity contribution >= 4 is 5.69 Å². The third kappa shape index (κ3) is 2.39. The van der Waals surface area contributed by atoms with Crippen LogP contribution in [0.3, 0.4) is 0 Å². The molecule has 1 unspecified atom stereocenters. The van der Waals surface area contributed by atoms with Crippen molar-refractivity contribution in [3.8, 4) is 0 Å². The Kier molecular flexibility index (Phi) is 2.92. The molecule has 0 spiro atoms. The number of nitrogens with zero attached hydrogens (tertiary/aromatic N) is 2. The first-order valence-electron chi connectivity index (χ1n) is 5.55. The lowest BCUT2D eigenvalue weighted by molar-refractivity contribution is -0.385. The lowest BCUT2D eigenvalue weighted by Crippen LogP contribution is -2.09. The monoisotopic (exact) mass is 220 g/mol. The molecule has 1 heterocycles. The largest absolute Gasteiger partial charge is 0.300 e. The molecule has 0 bridgehead atoms. The molecule has 0 aliphatic carbocycles. The number of benzene rings is 1. The van der Waals surface area contributed by atoms with Crippen molar-refractivity contribution in [3.05, 3.63) is 39.4 Å². The second kappa shape index (κ2) is 4.22. The first-order valence-corrected chi connectivity index (χ1v) is 5.55. The van der Waals surface area contributed by atoms with Gasteiger partial charge in [0.2, 0.25) is 0 Å². The van der Waals surface area contributed by atoms with Crippen LogP contribution in [0.1, 0.15) is 24.0 Å². The van der Waals surface area contributed by atoms with E-state index in [1.54, 1.807) is 13.0 Å². The minimum Gasteiger partial charge on any atom is -0.300 e. The van der Waals surface area contributed by atoms with Gasteiger partial charge in [-0.1, -0.05) is 13.0 Å². The van der Waals surface area contributed by atoms with Gasteiger partial charge in [-0.2, -0.15) is 0 Å². The molecule has 4 nitrogen and oxygen atoms in total. The third-order valence-corrected chi connectivity index (χ3v) is 3.06. The highest BCUT2D eigenvalue weighted by Crippen LogP contribution is 2.25. The summed E-state index contributed by atoms with van der Waals surface area (Å²) in [5.74, 6) is 0.446. The van der Waals surface area contributed by atoms with E-state index in [9.17, 15) is 10.1 Å². The summed E-state index contributed by atoms with van der Waals surface area (Å²) >= 11 is 0. The van der Waals surface area contributed by atoms with E-state index in [2.05, 4.69) is 11.8 Å². The zero-order valence-corrected chi connectivity index (χ0v) is 9.64. The van der Waals surface area contributed by atoms with E-state index >= 15 is 0 Å². The standard InChI is InChI=1S/C12H16N2O2/c1-9-7-11(3-4-12(9)14(15)16)10(2)8-13-5-6-13/h3-4,7,10H,5-6,8H2,1-2H3. The van der Waals surface area contributed by atoms with E-state index in [1.807, 2.05) is 12.1 Å². The Balaban J connectivity index is 2.15. The van der Waals surface area contributed by atoms with Crippen molar-refractivity contribution in [3.63, 3.8) is 0 Å². The number of nitro benzene ring substituents is 1. The molecule has 0 aromatic heterocycles. The average Bonchev–Trinajstić information content (AvgIpc) is 3.00. The van der Waals surface area contributed by atoms with Crippen molar-refractivity contribution < 1.29 is 4.92 Å². The van der Waals surface area contributed by atoms with Crippen LogP contribution >= 0.6 is 0 Å². The van der Waals surface area contributed by atoms with Crippen LogP contribution in [0.5, 0.6) is 0 Å². The second-order valence-electron chi connectivity index (χ2n) is 4.50. The van der Waals surface area contributed by atoms with Crippen LogP contribution in [-0.2, 0) is 0 Å². The molecular weight excluding hydrogens is 204 g/mol. The summed E-state index contributed by atoms with van der Waals surface area (Å²) in [6, 6.07) is 5.43. The molecule has 86 valence electrons. The zero-order chi connectivity index (χ0) is 11.7. The fourth-order valence-corrected chi connectivity index (χ4v) is 1.94. The summed E-state index contributed by atoms with van der Waals surface area (Å²) in [4.78, 5) is 12.7.